The Balaban J connectivity index is 4.13. The molecule has 0 saturated heterocycles. The van der Waals surface area contributed by atoms with Crippen molar-refractivity contribution in [1.29, 1.82) is 0 Å². The molecule has 464 valence electrons. The molecule has 0 heterocycles. The molecule has 0 saturated carbocycles. The largest absolute Gasteiger partial charge is 0.462 e. The fourth-order valence-corrected chi connectivity index (χ4v) is 10.1. The van der Waals surface area contributed by atoms with Gasteiger partial charge in [-0.25, -0.2) is 0 Å². The van der Waals surface area contributed by atoms with Crippen LogP contribution in [0.5, 0.6) is 0 Å². The summed E-state index contributed by atoms with van der Waals surface area (Å²) in [4.78, 5) is 38.3. The van der Waals surface area contributed by atoms with Gasteiger partial charge >= 0.3 is 17.9 Å². The molecule has 0 aromatic heterocycles. The summed E-state index contributed by atoms with van der Waals surface area (Å²) in [5.74, 6) is -0.894. The van der Waals surface area contributed by atoms with Gasteiger partial charge in [0.15, 0.2) is 6.10 Å². The second kappa shape index (κ2) is 68.3. The molecule has 1 atom stereocenters. The zero-order valence-corrected chi connectivity index (χ0v) is 53.3. The van der Waals surface area contributed by atoms with E-state index < -0.39 is 6.10 Å². The molecule has 0 aliphatic rings. The Kier molecular flexibility index (Phi) is 65.7. The minimum absolute atomic E-state index is 0.0825. The predicted molar refractivity (Wildman–Crippen MR) is 348 cm³/mol. The van der Waals surface area contributed by atoms with Gasteiger partial charge in [-0.05, 0) is 109 Å². The van der Waals surface area contributed by atoms with Crippen molar-refractivity contribution >= 4 is 17.9 Å². The second-order valence-electron chi connectivity index (χ2n) is 23.4. The van der Waals surface area contributed by atoms with Crippen LogP contribution in [0, 0.1) is 0 Å². The molecule has 0 rings (SSSR count). The Labute approximate surface area is 497 Å². The van der Waals surface area contributed by atoms with Crippen molar-refractivity contribution in [2.45, 2.75) is 367 Å². The lowest BCUT2D eigenvalue weighted by Crippen LogP contribution is -2.30. The monoisotopic (exact) mass is 1120 g/mol. The van der Waals surface area contributed by atoms with Crippen LogP contribution in [-0.4, -0.2) is 37.2 Å². The van der Waals surface area contributed by atoms with Gasteiger partial charge in [0, 0.05) is 19.3 Å². The number of hydrogen-bond acceptors (Lipinski definition) is 6. The van der Waals surface area contributed by atoms with Crippen LogP contribution >= 0.6 is 0 Å². The number of ether oxygens (including phenoxy) is 3. The third kappa shape index (κ3) is 65.7. The third-order valence-electron chi connectivity index (χ3n) is 15.4. The van der Waals surface area contributed by atoms with Crippen LogP contribution < -0.4 is 0 Å². The number of unbranched alkanes of at least 4 members (excludes halogenated alkanes) is 41. The maximum atomic E-state index is 12.9. The maximum Gasteiger partial charge on any atom is 0.306 e. The van der Waals surface area contributed by atoms with E-state index in [0.29, 0.717) is 19.3 Å². The van der Waals surface area contributed by atoms with E-state index in [2.05, 4.69) is 93.7 Å². The van der Waals surface area contributed by atoms with Gasteiger partial charge < -0.3 is 14.2 Å². The Bertz CT molecular complexity index is 1470. The lowest BCUT2D eigenvalue weighted by atomic mass is 10.0. The number of carbonyl (C=O) groups is 3. The Morgan fingerprint density at radius 3 is 0.750 bits per heavy atom. The molecule has 6 nitrogen and oxygen atoms in total. The highest BCUT2D eigenvalue weighted by atomic mass is 16.6. The molecule has 0 fully saturated rings. The van der Waals surface area contributed by atoms with Gasteiger partial charge in [-0.1, -0.05) is 306 Å². The van der Waals surface area contributed by atoms with Gasteiger partial charge in [-0.15, -0.1) is 0 Å². The summed E-state index contributed by atoms with van der Waals surface area (Å²) in [6, 6.07) is 0. The molecule has 0 spiro atoms. The summed E-state index contributed by atoms with van der Waals surface area (Å²) in [5, 5.41) is 0. The summed E-state index contributed by atoms with van der Waals surface area (Å²) in [6.45, 7) is 6.57. The van der Waals surface area contributed by atoms with Crippen LogP contribution in [0.1, 0.15) is 361 Å². The molecule has 0 aliphatic heterocycles. The highest BCUT2D eigenvalue weighted by Gasteiger charge is 2.19. The van der Waals surface area contributed by atoms with E-state index in [1.54, 1.807) is 0 Å². The van der Waals surface area contributed by atoms with Crippen molar-refractivity contribution < 1.29 is 28.6 Å². The smallest absolute Gasteiger partial charge is 0.306 e. The highest BCUT2D eigenvalue weighted by molar-refractivity contribution is 5.71. The SMILES string of the molecule is CCC/C=C\C/C=C\CCCCCCCC(=O)OCC(COC(=O)CCCCCCCCCCCCCCCCCCCCCCC/C=C\C/C=C\CCCCCCC)OC(=O)CCCCCCC/C=C\C/C=C\CCCCCC. The molecule has 0 aliphatic carbocycles. The average molecular weight is 1120 g/mol. The number of hydrogen-bond donors (Lipinski definition) is 0. The summed E-state index contributed by atoms with van der Waals surface area (Å²) in [7, 11) is 0. The Hall–Kier alpha value is -3.15. The number of esters is 3. The predicted octanol–water partition coefficient (Wildman–Crippen LogP) is 24.1. The first-order valence-corrected chi connectivity index (χ1v) is 34.9. The van der Waals surface area contributed by atoms with Gasteiger partial charge in [-0.3, -0.25) is 14.4 Å². The van der Waals surface area contributed by atoms with Crippen molar-refractivity contribution in [3.05, 3.63) is 72.9 Å². The zero-order chi connectivity index (χ0) is 57.8. The molecular formula is C74H132O6. The van der Waals surface area contributed by atoms with Crippen LogP contribution in [0.3, 0.4) is 0 Å². The number of carbonyl (C=O) groups excluding carboxylic acids is 3. The van der Waals surface area contributed by atoms with Crippen LogP contribution in [0.25, 0.3) is 0 Å². The van der Waals surface area contributed by atoms with Gasteiger partial charge in [0.05, 0.1) is 0 Å². The minimum atomic E-state index is -0.788. The van der Waals surface area contributed by atoms with E-state index in [1.165, 1.54) is 205 Å². The van der Waals surface area contributed by atoms with Crippen molar-refractivity contribution in [2.75, 3.05) is 13.2 Å². The van der Waals surface area contributed by atoms with Crippen LogP contribution in [0.15, 0.2) is 72.9 Å². The number of rotatable bonds is 64. The lowest BCUT2D eigenvalue weighted by Gasteiger charge is -2.18. The van der Waals surface area contributed by atoms with Crippen molar-refractivity contribution in [3.8, 4) is 0 Å². The molecule has 0 radical (unpaired) electrons. The summed E-state index contributed by atoms with van der Waals surface area (Å²) in [6.07, 6.45) is 89.4. The standard InChI is InChI=1S/C74H132O6/c1-4-7-10-13-16-19-22-25-27-29-30-31-32-33-34-35-36-37-38-39-40-41-42-43-44-45-47-49-52-55-58-61-64-67-73(76)79-70-71(69-78-72(75)66-63-60-57-54-51-48-24-21-18-15-12-9-6-3)80-74(77)68-65-62-59-56-53-50-46-28-26-23-20-17-14-11-8-5-2/h12,15,20-25,28-30,46,71H,4-11,13-14,16-19,26-27,31-45,47-70H2,1-3H3/b15-12-,23-20-,24-21-,25-22-,30-29-,46-28-. The summed E-state index contributed by atoms with van der Waals surface area (Å²) in [5.41, 5.74) is 0. The van der Waals surface area contributed by atoms with E-state index in [0.717, 1.165) is 116 Å². The van der Waals surface area contributed by atoms with Gasteiger partial charge in [0.25, 0.3) is 0 Å². The number of allylic oxidation sites excluding steroid dienone is 12. The molecule has 80 heavy (non-hydrogen) atoms. The van der Waals surface area contributed by atoms with Crippen LogP contribution in [0.4, 0.5) is 0 Å². The molecular weight excluding hydrogens is 985 g/mol. The van der Waals surface area contributed by atoms with Gasteiger partial charge in [0.1, 0.15) is 13.2 Å². The molecule has 0 aromatic rings. The Morgan fingerprint density at radius 2 is 0.475 bits per heavy atom. The summed E-state index contributed by atoms with van der Waals surface area (Å²) < 4.78 is 16.9. The second-order valence-corrected chi connectivity index (χ2v) is 23.4. The van der Waals surface area contributed by atoms with E-state index in [4.69, 9.17) is 14.2 Å². The fourth-order valence-electron chi connectivity index (χ4n) is 10.1. The molecule has 0 aromatic carbocycles. The molecule has 0 amide bonds. The molecule has 1 unspecified atom stereocenters. The van der Waals surface area contributed by atoms with Gasteiger partial charge in [0.2, 0.25) is 0 Å². The third-order valence-corrected chi connectivity index (χ3v) is 15.4. The maximum absolute atomic E-state index is 12.9. The van der Waals surface area contributed by atoms with E-state index >= 15 is 0 Å². The lowest BCUT2D eigenvalue weighted by molar-refractivity contribution is -0.167. The summed E-state index contributed by atoms with van der Waals surface area (Å²) >= 11 is 0. The van der Waals surface area contributed by atoms with Crippen molar-refractivity contribution in [2.24, 2.45) is 0 Å². The normalized spacial score (nSPS) is 12.5. The average Bonchev–Trinajstić information content (AvgIpc) is 3.46. The topological polar surface area (TPSA) is 78.9 Å². The van der Waals surface area contributed by atoms with Crippen LogP contribution in [0.2, 0.25) is 0 Å². The van der Waals surface area contributed by atoms with Crippen LogP contribution in [-0.2, 0) is 28.6 Å². The van der Waals surface area contributed by atoms with Crippen molar-refractivity contribution in [3.63, 3.8) is 0 Å². The van der Waals surface area contributed by atoms with E-state index in [1.807, 2.05) is 0 Å². The highest BCUT2D eigenvalue weighted by Crippen LogP contribution is 2.18. The van der Waals surface area contributed by atoms with Crippen molar-refractivity contribution in [1.82, 2.24) is 0 Å². The van der Waals surface area contributed by atoms with E-state index in [9.17, 15) is 14.4 Å². The molecule has 0 bridgehead atoms. The van der Waals surface area contributed by atoms with E-state index in [-0.39, 0.29) is 31.1 Å². The first-order valence-electron chi connectivity index (χ1n) is 34.9. The fraction of sp³-hybridized carbons (Fsp3) is 0.797. The quantitative estimate of drug-likeness (QED) is 0.0261. The first-order chi connectivity index (χ1) is 39.5. The first kappa shape index (κ1) is 76.9. The molecule has 0 N–H and O–H groups in total. The minimum Gasteiger partial charge on any atom is -0.462 e. The molecule has 6 heteroatoms. The van der Waals surface area contributed by atoms with Gasteiger partial charge in [-0.2, -0.15) is 0 Å². The zero-order valence-electron chi connectivity index (χ0n) is 53.3. The Morgan fingerprint density at radius 1 is 0.250 bits per heavy atom.